The van der Waals surface area contributed by atoms with E-state index in [0.29, 0.717) is 16.2 Å². The molecular weight excluding hydrogens is 240 g/mol. The van der Waals surface area contributed by atoms with Crippen LogP contribution in [0.2, 0.25) is 0 Å². The van der Waals surface area contributed by atoms with Gasteiger partial charge in [-0.15, -0.1) is 0 Å². The van der Waals surface area contributed by atoms with Gasteiger partial charge in [0, 0.05) is 23.9 Å². The molecule has 1 unspecified atom stereocenters. The van der Waals surface area contributed by atoms with Crippen molar-refractivity contribution < 1.29 is 0 Å². The van der Waals surface area contributed by atoms with Crippen LogP contribution in [0.4, 0.5) is 0 Å². The first-order valence-electron chi connectivity index (χ1n) is 7.46. The summed E-state index contributed by atoms with van der Waals surface area (Å²) in [6.07, 6.45) is 7.90. The summed E-state index contributed by atoms with van der Waals surface area (Å²) in [6, 6.07) is 0.638. The quantitative estimate of drug-likeness (QED) is 0.849. The molecule has 1 heterocycles. The Kier molecular flexibility index (Phi) is 4.66. The highest BCUT2D eigenvalue weighted by Crippen LogP contribution is 2.43. The summed E-state index contributed by atoms with van der Waals surface area (Å²) < 4.78 is 0.590. The van der Waals surface area contributed by atoms with Gasteiger partial charge in [-0.1, -0.05) is 27.2 Å². The third-order valence-corrected chi connectivity index (χ3v) is 6.14. The molecule has 1 aliphatic carbocycles. The third kappa shape index (κ3) is 3.43. The Morgan fingerprint density at radius 1 is 1.28 bits per heavy atom. The van der Waals surface area contributed by atoms with E-state index >= 15 is 0 Å². The van der Waals surface area contributed by atoms with Crippen LogP contribution >= 0.6 is 11.8 Å². The van der Waals surface area contributed by atoms with Gasteiger partial charge in [-0.3, -0.25) is 0 Å². The van der Waals surface area contributed by atoms with Gasteiger partial charge in [0.1, 0.15) is 0 Å². The normalized spacial score (nSPS) is 29.7. The molecule has 2 aliphatic rings. The van der Waals surface area contributed by atoms with E-state index in [0.717, 1.165) is 0 Å². The van der Waals surface area contributed by atoms with Gasteiger partial charge in [-0.2, -0.15) is 11.8 Å². The standard InChI is InChI=1S/C15H30N2S/c1-14(2,3)13-11-17(10-6-9-16-13)12-15(18-4)7-5-8-15/h13,16H,5-12H2,1-4H3. The average molecular weight is 270 g/mol. The minimum atomic E-state index is 0.370. The summed E-state index contributed by atoms with van der Waals surface area (Å²) in [4.78, 5) is 2.73. The van der Waals surface area contributed by atoms with Crippen molar-refractivity contribution in [2.24, 2.45) is 5.41 Å². The number of thioether (sulfide) groups is 1. The summed E-state index contributed by atoms with van der Waals surface area (Å²) in [6.45, 7) is 12.1. The Morgan fingerprint density at radius 2 is 2.00 bits per heavy atom. The maximum atomic E-state index is 3.74. The average Bonchev–Trinajstić information content (AvgIpc) is 2.48. The fourth-order valence-electron chi connectivity index (χ4n) is 3.12. The molecule has 0 radical (unpaired) electrons. The Hall–Kier alpha value is 0.270. The molecule has 0 bridgehead atoms. The van der Waals surface area contributed by atoms with E-state index in [2.05, 4.69) is 49.0 Å². The van der Waals surface area contributed by atoms with Crippen molar-refractivity contribution in [1.82, 2.24) is 10.2 Å². The van der Waals surface area contributed by atoms with E-state index in [1.165, 1.54) is 51.9 Å². The van der Waals surface area contributed by atoms with Crippen LogP contribution in [-0.2, 0) is 0 Å². The van der Waals surface area contributed by atoms with Crippen LogP contribution in [0.3, 0.4) is 0 Å². The number of nitrogens with zero attached hydrogens (tertiary/aromatic N) is 1. The van der Waals surface area contributed by atoms with Crippen molar-refractivity contribution in [3.8, 4) is 0 Å². The summed E-state index contributed by atoms with van der Waals surface area (Å²) in [7, 11) is 0. The predicted octanol–water partition coefficient (Wildman–Crippen LogP) is 2.98. The van der Waals surface area contributed by atoms with Gasteiger partial charge in [-0.05, 0) is 44.0 Å². The van der Waals surface area contributed by atoms with E-state index in [9.17, 15) is 0 Å². The molecule has 0 aromatic carbocycles. The van der Waals surface area contributed by atoms with Crippen LogP contribution in [0.5, 0.6) is 0 Å². The first kappa shape index (κ1) is 14.7. The molecule has 1 atom stereocenters. The topological polar surface area (TPSA) is 15.3 Å². The Morgan fingerprint density at radius 3 is 2.50 bits per heavy atom. The molecule has 2 fully saturated rings. The summed E-state index contributed by atoms with van der Waals surface area (Å²) in [5.74, 6) is 0. The van der Waals surface area contributed by atoms with Crippen LogP contribution in [0.25, 0.3) is 0 Å². The van der Waals surface area contributed by atoms with Crippen molar-refractivity contribution >= 4 is 11.8 Å². The van der Waals surface area contributed by atoms with Crippen molar-refractivity contribution in [1.29, 1.82) is 0 Å². The fourth-order valence-corrected chi connectivity index (χ4v) is 4.13. The molecule has 2 nitrogen and oxygen atoms in total. The van der Waals surface area contributed by atoms with E-state index in [-0.39, 0.29) is 0 Å². The van der Waals surface area contributed by atoms with Crippen molar-refractivity contribution in [3.05, 3.63) is 0 Å². The number of rotatable bonds is 3. The van der Waals surface area contributed by atoms with Gasteiger partial charge < -0.3 is 10.2 Å². The smallest absolute Gasteiger partial charge is 0.0284 e. The molecule has 0 spiro atoms. The lowest BCUT2D eigenvalue weighted by molar-refractivity contribution is 0.164. The van der Waals surface area contributed by atoms with Gasteiger partial charge in [0.2, 0.25) is 0 Å². The molecule has 1 N–H and O–H groups in total. The zero-order chi connectivity index (χ0) is 13.2. The van der Waals surface area contributed by atoms with Gasteiger partial charge >= 0.3 is 0 Å². The van der Waals surface area contributed by atoms with Gasteiger partial charge in [0.25, 0.3) is 0 Å². The fraction of sp³-hybridized carbons (Fsp3) is 1.00. The first-order chi connectivity index (χ1) is 8.45. The number of hydrogen-bond donors (Lipinski definition) is 1. The number of nitrogens with one attached hydrogen (secondary N) is 1. The molecule has 2 rings (SSSR count). The molecule has 0 aromatic heterocycles. The Bertz CT molecular complexity index is 263. The summed E-state index contributed by atoms with van der Waals surface area (Å²) in [5.41, 5.74) is 0.370. The Balaban J connectivity index is 1.95. The van der Waals surface area contributed by atoms with Crippen LogP contribution in [0.15, 0.2) is 0 Å². The third-order valence-electron chi connectivity index (χ3n) is 4.74. The second kappa shape index (κ2) is 5.72. The van der Waals surface area contributed by atoms with E-state index in [1.807, 2.05) is 0 Å². The molecule has 1 aliphatic heterocycles. The molecule has 0 aromatic rings. The molecular formula is C15H30N2S. The lowest BCUT2D eigenvalue weighted by Gasteiger charge is -2.45. The van der Waals surface area contributed by atoms with Gasteiger partial charge in [0.05, 0.1) is 0 Å². The first-order valence-corrected chi connectivity index (χ1v) is 8.69. The predicted molar refractivity (Wildman–Crippen MR) is 82.4 cm³/mol. The zero-order valence-electron chi connectivity index (χ0n) is 12.6. The Labute approximate surface area is 117 Å². The SMILES string of the molecule is CSC1(CN2CCCNC(C(C)(C)C)C2)CCC1. The van der Waals surface area contributed by atoms with Gasteiger partial charge in [-0.25, -0.2) is 0 Å². The molecule has 0 amide bonds. The monoisotopic (exact) mass is 270 g/mol. The van der Waals surface area contributed by atoms with Crippen LogP contribution in [0.1, 0.15) is 46.5 Å². The van der Waals surface area contributed by atoms with Crippen LogP contribution in [-0.4, -0.2) is 48.1 Å². The highest BCUT2D eigenvalue weighted by atomic mass is 32.2. The minimum Gasteiger partial charge on any atom is -0.312 e. The van der Waals surface area contributed by atoms with Gasteiger partial charge in [0.15, 0.2) is 0 Å². The zero-order valence-corrected chi connectivity index (χ0v) is 13.4. The largest absolute Gasteiger partial charge is 0.312 e. The molecule has 3 heteroatoms. The van der Waals surface area contributed by atoms with E-state index in [4.69, 9.17) is 0 Å². The van der Waals surface area contributed by atoms with Crippen molar-refractivity contribution in [2.45, 2.75) is 57.2 Å². The highest BCUT2D eigenvalue weighted by Gasteiger charge is 2.39. The highest BCUT2D eigenvalue weighted by molar-refractivity contribution is 8.00. The maximum absolute atomic E-state index is 3.74. The second-order valence-corrected chi connectivity index (χ2v) is 8.48. The molecule has 1 saturated carbocycles. The van der Waals surface area contributed by atoms with Crippen molar-refractivity contribution in [2.75, 3.05) is 32.4 Å². The second-order valence-electron chi connectivity index (χ2n) is 7.20. The summed E-state index contributed by atoms with van der Waals surface area (Å²) >= 11 is 2.11. The number of hydrogen-bond acceptors (Lipinski definition) is 3. The minimum absolute atomic E-state index is 0.370. The van der Waals surface area contributed by atoms with E-state index in [1.54, 1.807) is 0 Å². The lowest BCUT2D eigenvalue weighted by atomic mass is 9.83. The molecule has 1 saturated heterocycles. The van der Waals surface area contributed by atoms with Crippen LogP contribution < -0.4 is 5.32 Å². The van der Waals surface area contributed by atoms with E-state index < -0.39 is 0 Å². The van der Waals surface area contributed by atoms with Crippen LogP contribution in [0, 0.1) is 5.41 Å². The molecule has 18 heavy (non-hydrogen) atoms. The maximum Gasteiger partial charge on any atom is 0.0284 e. The van der Waals surface area contributed by atoms with Crippen molar-refractivity contribution in [3.63, 3.8) is 0 Å². The lowest BCUT2D eigenvalue weighted by Crippen LogP contribution is -2.51. The molecule has 106 valence electrons. The summed E-state index contributed by atoms with van der Waals surface area (Å²) in [5, 5.41) is 3.74.